The number of methoxy groups -OCH3 is 3. The fraction of sp³-hybridized carbons (Fsp3) is 0.346. The lowest BCUT2D eigenvalue weighted by atomic mass is 10.1. The van der Waals surface area contributed by atoms with Crippen molar-refractivity contribution in [3.8, 4) is 29.1 Å². The third kappa shape index (κ3) is 7.94. The molecule has 1 unspecified atom stereocenters. The standard InChI is InChI=1S/C26H34N6O6/c1-16(2)38-18-8-6-17(7-9-18)21(14-27)31-26(34)20(28)15-32(29)13-12-30-25(33)19-10-11-22(35-3)24(37-5)23(19)36-4/h6-11,15-16,21H,12-13,28-29H2,1-5H3,(H,30,33)(H,31,34)/b20-15-. The minimum atomic E-state index is -0.926. The molecule has 0 fully saturated rings. The highest BCUT2D eigenvalue weighted by molar-refractivity contribution is 5.98. The van der Waals surface area contributed by atoms with E-state index < -0.39 is 17.9 Å². The van der Waals surface area contributed by atoms with E-state index in [1.165, 1.54) is 27.5 Å². The number of ether oxygens (including phenoxy) is 4. The second-order valence-corrected chi connectivity index (χ2v) is 8.23. The van der Waals surface area contributed by atoms with Crippen LogP contribution in [0.1, 0.15) is 35.8 Å². The van der Waals surface area contributed by atoms with Gasteiger partial charge in [0.2, 0.25) is 5.75 Å². The molecule has 204 valence electrons. The molecule has 12 heteroatoms. The second kappa shape index (κ2) is 14.2. The zero-order chi connectivity index (χ0) is 28.2. The molecule has 0 radical (unpaired) electrons. The number of carbonyl (C=O) groups is 2. The van der Waals surface area contributed by atoms with Crippen LogP contribution < -0.4 is 41.2 Å². The number of hydrazine groups is 1. The Morgan fingerprint density at radius 3 is 2.26 bits per heavy atom. The highest BCUT2D eigenvalue weighted by Crippen LogP contribution is 2.39. The van der Waals surface area contributed by atoms with Gasteiger partial charge >= 0.3 is 0 Å². The lowest BCUT2D eigenvalue weighted by molar-refractivity contribution is -0.118. The van der Waals surface area contributed by atoms with Crippen LogP contribution in [0.25, 0.3) is 0 Å². The maximum Gasteiger partial charge on any atom is 0.270 e. The van der Waals surface area contributed by atoms with Crippen LogP contribution in [-0.2, 0) is 4.79 Å². The van der Waals surface area contributed by atoms with Gasteiger partial charge in [-0.2, -0.15) is 5.26 Å². The molecule has 0 aliphatic carbocycles. The van der Waals surface area contributed by atoms with Gasteiger partial charge in [0.25, 0.3) is 11.8 Å². The molecule has 0 heterocycles. The first kappa shape index (κ1) is 29.6. The van der Waals surface area contributed by atoms with Crippen LogP contribution in [0.5, 0.6) is 23.0 Å². The number of nitriles is 1. The minimum Gasteiger partial charge on any atom is -0.493 e. The Hall–Kier alpha value is -4.63. The van der Waals surface area contributed by atoms with Crippen molar-refractivity contribution < 1.29 is 28.5 Å². The molecule has 2 aromatic carbocycles. The van der Waals surface area contributed by atoms with Gasteiger partial charge in [-0.05, 0) is 43.7 Å². The van der Waals surface area contributed by atoms with E-state index in [1.54, 1.807) is 36.4 Å². The van der Waals surface area contributed by atoms with Gasteiger partial charge in [0, 0.05) is 12.7 Å². The van der Waals surface area contributed by atoms with E-state index in [9.17, 15) is 14.9 Å². The Kier molecular flexibility index (Phi) is 11.1. The van der Waals surface area contributed by atoms with Crippen LogP contribution in [0.15, 0.2) is 48.3 Å². The summed E-state index contributed by atoms with van der Waals surface area (Å²) in [7, 11) is 4.34. The summed E-state index contributed by atoms with van der Waals surface area (Å²) >= 11 is 0. The van der Waals surface area contributed by atoms with Gasteiger partial charge in [-0.25, -0.2) is 5.84 Å². The third-order valence-electron chi connectivity index (χ3n) is 5.16. The number of hydrogen-bond donors (Lipinski definition) is 4. The quantitative estimate of drug-likeness (QED) is 0.170. The summed E-state index contributed by atoms with van der Waals surface area (Å²) in [5.41, 5.74) is 6.48. The van der Waals surface area contributed by atoms with E-state index in [-0.39, 0.29) is 36.2 Å². The molecule has 0 aromatic heterocycles. The van der Waals surface area contributed by atoms with E-state index in [4.69, 9.17) is 30.5 Å². The second-order valence-electron chi connectivity index (χ2n) is 8.23. The monoisotopic (exact) mass is 526 g/mol. The number of nitrogens with two attached hydrogens (primary N) is 2. The van der Waals surface area contributed by atoms with Crippen molar-refractivity contribution in [1.29, 1.82) is 5.26 Å². The average molecular weight is 527 g/mol. The SMILES string of the molecule is COc1ccc(C(=O)NCCN(N)/C=C(\N)C(=O)NC(C#N)c2ccc(OC(C)C)cc2)c(OC)c1OC. The van der Waals surface area contributed by atoms with E-state index in [0.29, 0.717) is 22.8 Å². The molecule has 2 rings (SSSR count). The van der Waals surface area contributed by atoms with Crippen LogP contribution >= 0.6 is 0 Å². The first-order valence-corrected chi connectivity index (χ1v) is 11.7. The van der Waals surface area contributed by atoms with Crippen LogP contribution in [0.3, 0.4) is 0 Å². The molecular formula is C26H34N6O6. The maximum atomic E-state index is 12.7. The van der Waals surface area contributed by atoms with Crippen molar-refractivity contribution in [3.63, 3.8) is 0 Å². The van der Waals surface area contributed by atoms with E-state index >= 15 is 0 Å². The van der Waals surface area contributed by atoms with Gasteiger partial charge in [-0.1, -0.05) is 12.1 Å². The van der Waals surface area contributed by atoms with Crippen LogP contribution in [0.4, 0.5) is 0 Å². The molecule has 0 bridgehead atoms. The molecule has 2 amide bonds. The lowest BCUT2D eigenvalue weighted by Crippen LogP contribution is -2.38. The molecule has 0 aliphatic rings. The zero-order valence-corrected chi connectivity index (χ0v) is 22.1. The summed E-state index contributed by atoms with van der Waals surface area (Å²) in [6, 6.07) is 11.1. The molecule has 0 aliphatic heterocycles. The third-order valence-corrected chi connectivity index (χ3v) is 5.16. The number of rotatable bonds is 13. The van der Waals surface area contributed by atoms with Gasteiger partial charge in [-0.15, -0.1) is 0 Å². The Labute approximate surface area is 222 Å². The predicted molar refractivity (Wildman–Crippen MR) is 140 cm³/mol. The topological polar surface area (TPSA) is 174 Å². The van der Waals surface area contributed by atoms with Crippen molar-refractivity contribution in [3.05, 3.63) is 59.4 Å². The number of hydrogen-bond acceptors (Lipinski definition) is 10. The molecule has 0 saturated heterocycles. The van der Waals surface area contributed by atoms with Crippen LogP contribution in [-0.4, -0.2) is 57.3 Å². The largest absolute Gasteiger partial charge is 0.493 e. The Balaban J connectivity index is 1.94. The maximum absolute atomic E-state index is 12.7. The summed E-state index contributed by atoms with van der Waals surface area (Å²) in [5, 5.41) is 15.9. The highest BCUT2D eigenvalue weighted by atomic mass is 16.5. The number of amides is 2. The summed E-state index contributed by atoms with van der Waals surface area (Å²) in [4.78, 5) is 25.2. The molecule has 2 aromatic rings. The number of nitrogens with zero attached hydrogens (tertiary/aromatic N) is 2. The number of nitrogens with one attached hydrogen (secondary N) is 2. The summed E-state index contributed by atoms with van der Waals surface area (Å²) in [5.74, 6) is 6.41. The van der Waals surface area contributed by atoms with Crippen molar-refractivity contribution >= 4 is 11.8 Å². The summed E-state index contributed by atoms with van der Waals surface area (Å²) < 4.78 is 21.4. The van der Waals surface area contributed by atoms with Gasteiger partial charge in [0.1, 0.15) is 17.5 Å². The van der Waals surface area contributed by atoms with Crippen molar-refractivity contribution in [2.24, 2.45) is 11.6 Å². The van der Waals surface area contributed by atoms with E-state index in [0.717, 1.165) is 5.01 Å². The van der Waals surface area contributed by atoms with Crippen molar-refractivity contribution in [1.82, 2.24) is 15.6 Å². The fourth-order valence-electron chi connectivity index (χ4n) is 3.39. The number of benzene rings is 2. The predicted octanol–water partition coefficient (Wildman–Crippen LogP) is 1.59. The fourth-order valence-corrected chi connectivity index (χ4v) is 3.39. The molecule has 0 saturated carbocycles. The first-order valence-electron chi connectivity index (χ1n) is 11.7. The molecule has 12 nitrogen and oxygen atoms in total. The van der Waals surface area contributed by atoms with Gasteiger partial charge in [0.05, 0.1) is 45.6 Å². The Morgan fingerprint density at radius 1 is 1.05 bits per heavy atom. The molecule has 38 heavy (non-hydrogen) atoms. The molecule has 0 spiro atoms. The van der Waals surface area contributed by atoms with E-state index in [2.05, 4.69) is 10.6 Å². The Bertz CT molecular complexity index is 1180. The van der Waals surface area contributed by atoms with Crippen molar-refractivity contribution in [2.45, 2.75) is 26.0 Å². The van der Waals surface area contributed by atoms with Gasteiger partial charge in [-0.3, -0.25) is 9.59 Å². The normalized spacial score (nSPS) is 11.7. The van der Waals surface area contributed by atoms with Crippen LogP contribution in [0, 0.1) is 11.3 Å². The average Bonchev–Trinajstić information content (AvgIpc) is 2.90. The smallest absolute Gasteiger partial charge is 0.270 e. The molecule has 1 atom stereocenters. The molecule has 6 N–H and O–H groups in total. The Morgan fingerprint density at radius 2 is 1.71 bits per heavy atom. The van der Waals surface area contributed by atoms with Gasteiger partial charge < -0.3 is 40.3 Å². The zero-order valence-electron chi connectivity index (χ0n) is 22.1. The number of carbonyl (C=O) groups excluding carboxylic acids is 2. The summed E-state index contributed by atoms with van der Waals surface area (Å²) in [6.45, 7) is 4.08. The van der Waals surface area contributed by atoms with Gasteiger partial charge in [0.15, 0.2) is 11.5 Å². The summed E-state index contributed by atoms with van der Waals surface area (Å²) in [6.07, 6.45) is 1.23. The van der Waals surface area contributed by atoms with Crippen molar-refractivity contribution in [2.75, 3.05) is 34.4 Å². The molecular weight excluding hydrogens is 492 g/mol. The first-order chi connectivity index (χ1) is 18.1. The van der Waals surface area contributed by atoms with Crippen LogP contribution in [0.2, 0.25) is 0 Å². The minimum absolute atomic E-state index is 0.0126. The highest BCUT2D eigenvalue weighted by Gasteiger charge is 2.21. The van der Waals surface area contributed by atoms with E-state index in [1.807, 2.05) is 19.9 Å². The lowest BCUT2D eigenvalue weighted by Gasteiger charge is -2.18.